The zero-order valence-corrected chi connectivity index (χ0v) is 9.02. The number of aromatic nitrogens is 2. The molecule has 0 bridgehead atoms. The van der Waals surface area contributed by atoms with Crippen LogP contribution < -0.4 is 11.1 Å². The molecule has 0 unspecified atom stereocenters. The summed E-state index contributed by atoms with van der Waals surface area (Å²) in [6.07, 6.45) is 0. The molecule has 2 aromatic rings. The maximum atomic E-state index is 12.9. The molecule has 0 radical (unpaired) electrons. The van der Waals surface area contributed by atoms with E-state index in [4.69, 9.17) is 5.73 Å². The van der Waals surface area contributed by atoms with E-state index in [1.54, 1.807) is 0 Å². The van der Waals surface area contributed by atoms with Gasteiger partial charge in [0.1, 0.15) is 5.82 Å². The molecule has 1 aromatic heterocycles. The van der Waals surface area contributed by atoms with E-state index < -0.39 is 17.5 Å². The lowest BCUT2D eigenvalue weighted by atomic mass is 10.3. The number of hydrogen-bond donors (Lipinski definition) is 2. The zero-order chi connectivity index (χ0) is 13.1. The number of benzene rings is 1. The van der Waals surface area contributed by atoms with Crippen molar-refractivity contribution in [1.29, 1.82) is 0 Å². The van der Waals surface area contributed by atoms with Crippen LogP contribution in [0.15, 0.2) is 30.3 Å². The van der Waals surface area contributed by atoms with Gasteiger partial charge in [0.25, 0.3) is 5.91 Å². The second kappa shape index (κ2) is 4.74. The van der Waals surface area contributed by atoms with Gasteiger partial charge in [-0.1, -0.05) is 0 Å². The van der Waals surface area contributed by atoms with Crippen molar-refractivity contribution in [3.8, 4) is 0 Å². The molecule has 3 N–H and O–H groups in total. The minimum atomic E-state index is -1.05. The first kappa shape index (κ1) is 11.9. The molecule has 0 spiro atoms. The Bertz CT molecular complexity index is 586. The van der Waals surface area contributed by atoms with Crippen LogP contribution in [0, 0.1) is 11.6 Å². The Morgan fingerprint density at radius 3 is 2.50 bits per heavy atom. The number of amides is 1. The predicted molar refractivity (Wildman–Crippen MR) is 60.8 cm³/mol. The Balaban J connectivity index is 2.16. The first-order valence-corrected chi connectivity index (χ1v) is 4.92. The second-order valence-corrected chi connectivity index (χ2v) is 3.43. The van der Waals surface area contributed by atoms with E-state index >= 15 is 0 Å². The van der Waals surface area contributed by atoms with Crippen LogP contribution in [0.25, 0.3) is 0 Å². The molecule has 0 aliphatic carbocycles. The van der Waals surface area contributed by atoms with Gasteiger partial charge in [-0.05, 0) is 24.3 Å². The number of nitrogens with zero attached hydrogens (tertiary/aromatic N) is 2. The number of nitrogens with two attached hydrogens (primary N) is 1. The number of carbonyl (C=O) groups is 1. The SMILES string of the molecule is Nc1ccc(C(=O)Nc2ccc(F)c(F)c2)nn1. The summed E-state index contributed by atoms with van der Waals surface area (Å²) < 4.78 is 25.6. The van der Waals surface area contributed by atoms with Gasteiger partial charge in [0, 0.05) is 11.8 Å². The molecule has 0 saturated carbocycles. The third-order valence-electron chi connectivity index (χ3n) is 2.10. The topological polar surface area (TPSA) is 80.9 Å². The fraction of sp³-hybridized carbons (Fsp3) is 0. The number of rotatable bonds is 2. The highest BCUT2D eigenvalue weighted by molar-refractivity contribution is 6.02. The van der Waals surface area contributed by atoms with E-state index in [-0.39, 0.29) is 17.2 Å². The average molecular weight is 250 g/mol. The minimum absolute atomic E-state index is 0.0222. The van der Waals surface area contributed by atoms with Crippen LogP contribution >= 0.6 is 0 Å². The Hall–Kier alpha value is -2.57. The van der Waals surface area contributed by atoms with Gasteiger partial charge in [0.2, 0.25) is 0 Å². The second-order valence-electron chi connectivity index (χ2n) is 3.43. The van der Waals surface area contributed by atoms with Crippen molar-refractivity contribution in [2.24, 2.45) is 0 Å². The van der Waals surface area contributed by atoms with Crippen LogP contribution in [0.2, 0.25) is 0 Å². The van der Waals surface area contributed by atoms with E-state index in [1.807, 2.05) is 0 Å². The quantitative estimate of drug-likeness (QED) is 0.848. The first-order chi connectivity index (χ1) is 8.56. The Morgan fingerprint density at radius 1 is 1.11 bits per heavy atom. The Morgan fingerprint density at radius 2 is 1.89 bits per heavy atom. The number of carbonyl (C=O) groups excluding carboxylic acids is 1. The number of anilines is 2. The molecule has 2 rings (SSSR count). The molecular formula is C11H8F2N4O. The van der Waals surface area contributed by atoms with Crippen molar-refractivity contribution in [1.82, 2.24) is 10.2 Å². The summed E-state index contributed by atoms with van der Waals surface area (Å²) in [7, 11) is 0. The molecule has 7 heteroatoms. The lowest BCUT2D eigenvalue weighted by Gasteiger charge is -2.04. The van der Waals surface area contributed by atoms with Gasteiger partial charge in [-0.15, -0.1) is 10.2 Å². The van der Waals surface area contributed by atoms with Gasteiger partial charge >= 0.3 is 0 Å². The summed E-state index contributed by atoms with van der Waals surface area (Å²) in [5.41, 5.74) is 5.46. The molecule has 1 aromatic carbocycles. The predicted octanol–water partition coefficient (Wildman–Crippen LogP) is 1.59. The van der Waals surface area contributed by atoms with Crippen LogP contribution in [0.5, 0.6) is 0 Å². The highest BCUT2D eigenvalue weighted by Crippen LogP contribution is 2.13. The van der Waals surface area contributed by atoms with Crippen molar-refractivity contribution in [3.63, 3.8) is 0 Å². The molecule has 1 amide bonds. The smallest absolute Gasteiger partial charge is 0.276 e. The number of hydrogen-bond acceptors (Lipinski definition) is 4. The number of nitrogen functional groups attached to an aromatic ring is 1. The van der Waals surface area contributed by atoms with Gasteiger partial charge in [-0.2, -0.15) is 0 Å². The fourth-order valence-electron chi connectivity index (χ4n) is 1.23. The van der Waals surface area contributed by atoms with Crippen molar-refractivity contribution in [3.05, 3.63) is 47.7 Å². The van der Waals surface area contributed by atoms with Crippen LogP contribution in [0.1, 0.15) is 10.5 Å². The van der Waals surface area contributed by atoms with E-state index in [2.05, 4.69) is 15.5 Å². The van der Waals surface area contributed by atoms with Gasteiger partial charge in [-0.25, -0.2) is 8.78 Å². The molecule has 0 saturated heterocycles. The van der Waals surface area contributed by atoms with Crippen LogP contribution in [0.4, 0.5) is 20.3 Å². The molecule has 18 heavy (non-hydrogen) atoms. The third-order valence-corrected chi connectivity index (χ3v) is 2.10. The zero-order valence-electron chi connectivity index (χ0n) is 9.02. The molecule has 0 fully saturated rings. The third kappa shape index (κ3) is 2.57. The maximum Gasteiger partial charge on any atom is 0.276 e. The summed E-state index contributed by atoms with van der Waals surface area (Å²) in [4.78, 5) is 11.7. The molecule has 1 heterocycles. The van der Waals surface area contributed by atoms with Gasteiger partial charge < -0.3 is 11.1 Å². The van der Waals surface area contributed by atoms with Crippen molar-refractivity contribution < 1.29 is 13.6 Å². The standard InChI is InChI=1S/C11H8F2N4O/c12-7-2-1-6(5-8(7)13)15-11(18)9-3-4-10(14)17-16-9/h1-5H,(H2,14,17)(H,15,18). The van der Waals surface area contributed by atoms with Crippen LogP contribution in [0.3, 0.4) is 0 Å². The minimum Gasteiger partial charge on any atom is -0.382 e. The Kier molecular flexibility index (Phi) is 3.13. The van der Waals surface area contributed by atoms with Crippen molar-refractivity contribution in [2.75, 3.05) is 11.1 Å². The van der Waals surface area contributed by atoms with Gasteiger partial charge in [0.05, 0.1) is 0 Å². The largest absolute Gasteiger partial charge is 0.382 e. The lowest BCUT2D eigenvalue weighted by Crippen LogP contribution is -2.14. The van der Waals surface area contributed by atoms with Gasteiger partial charge in [-0.3, -0.25) is 4.79 Å². The van der Waals surface area contributed by atoms with Crippen LogP contribution in [-0.2, 0) is 0 Å². The van der Waals surface area contributed by atoms with Crippen LogP contribution in [-0.4, -0.2) is 16.1 Å². The van der Waals surface area contributed by atoms with E-state index in [0.717, 1.165) is 12.1 Å². The normalized spacial score (nSPS) is 10.1. The lowest BCUT2D eigenvalue weighted by molar-refractivity contribution is 0.102. The summed E-state index contributed by atoms with van der Waals surface area (Å²) in [6.45, 7) is 0. The molecule has 0 aliphatic rings. The highest BCUT2D eigenvalue weighted by Gasteiger charge is 2.09. The van der Waals surface area contributed by atoms with E-state index in [0.29, 0.717) is 0 Å². The van der Waals surface area contributed by atoms with E-state index in [1.165, 1.54) is 18.2 Å². The molecule has 0 aliphatic heterocycles. The average Bonchev–Trinajstić information content (AvgIpc) is 2.34. The number of halogens is 2. The molecular weight excluding hydrogens is 242 g/mol. The summed E-state index contributed by atoms with van der Waals surface area (Å²) in [5.74, 6) is -2.44. The summed E-state index contributed by atoms with van der Waals surface area (Å²) in [6, 6.07) is 5.81. The monoisotopic (exact) mass is 250 g/mol. The molecule has 0 atom stereocenters. The first-order valence-electron chi connectivity index (χ1n) is 4.92. The van der Waals surface area contributed by atoms with Crippen molar-refractivity contribution in [2.45, 2.75) is 0 Å². The summed E-state index contributed by atoms with van der Waals surface area (Å²) in [5, 5.41) is 9.42. The molecule has 5 nitrogen and oxygen atoms in total. The number of nitrogens with one attached hydrogen (secondary N) is 1. The van der Waals surface area contributed by atoms with Gasteiger partial charge in [0.15, 0.2) is 17.3 Å². The Labute approximate surface area is 101 Å². The fourth-order valence-corrected chi connectivity index (χ4v) is 1.23. The molecule has 92 valence electrons. The summed E-state index contributed by atoms with van der Waals surface area (Å²) >= 11 is 0. The van der Waals surface area contributed by atoms with Crippen molar-refractivity contribution >= 4 is 17.4 Å². The highest BCUT2D eigenvalue weighted by atomic mass is 19.2. The van der Waals surface area contributed by atoms with E-state index in [9.17, 15) is 13.6 Å². The maximum absolute atomic E-state index is 12.9.